The number of carbonyl (C=O) groups excluding carboxylic acids is 3. The highest BCUT2D eigenvalue weighted by Crippen LogP contribution is 2.34. The number of nitrogens with zero attached hydrogens (tertiary/aromatic N) is 1. The third kappa shape index (κ3) is 4.04. The molecule has 1 heterocycles. The number of amides is 2. The van der Waals surface area contributed by atoms with E-state index >= 15 is 0 Å². The Labute approximate surface area is 178 Å². The van der Waals surface area contributed by atoms with Gasteiger partial charge in [-0.2, -0.15) is 0 Å². The predicted molar refractivity (Wildman–Crippen MR) is 114 cm³/mol. The number of hydrogen-bond acceptors (Lipinski definition) is 4. The predicted octanol–water partition coefficient (Wildman–Crippen LogP) is 3.94. The second kappa shape index (κ2) is 8.39. The van der Waals surface area contributed by atoms with Gasteiger partial charge in [0, 0.05) is 16.1 Å². The molecule has 30 heavy (non-hydrogen) atoms. The van der Waals surface area contributed by atoms with Crippen LogP contribution in [0.3, 0.4) is 0 Å². The number of ether oxygens (including phenoxy) is 1. The number of ketones is 1. The van der Waals surface area contributed by atoms with Crippen molar-refractivity contribution in [2.75, 3.05) is 23.4 Å². The van der Waals surface area contributed by atoms with E-state index in [0.29, 0.717) is 33.3 Å². The molecule has 7 heteroatoms. The van der Waals surface area contributed by atoms with Gasteiger partial charge in [-0.25, -0.2) is 0 Å². The van der Waals surface area contributed by atoms with E-state index in [-0.39, 0.29) is 24.8 Å². The number of benzene rings is 3. The molecular formula is C23H17ClN2O4. The van der Waals surface area contributed by atoms with E-state index in [2.05, 4.69) is 5.32 Å². The first-order chi connectivity index (χ1) is 14.5. The highest BCUT2D eigenvalue weighted by atomic mass is 35.5. The lowest BCUT2D eigenvalue weighted by Gasteiger charge is -2.29. The number of anilines is 2. The lowest BCUT2D eigenvalue weighted by atomic mass is 10.0. The summed E-state index contributed by atoms with van der Waals surface area (Å²) in [7, 11) is 0. The van der Waals surface area contributed by atoms with Crippen molar-refractivity contribution in [3.63, 3.8) is 0 Å². The molecule has 1 aliphatic heterocycles. The molecule has 0 bridgehead atoms. The number of halogens is 1. The van der Waals surface area contributed by atoms with Crippen LogP contribution in [0.1, 0.15) is 15.9 Å². The van der Waals surface area contributed by atoms with Crippen molar-refractivity contribution in [3.8, 4) is 5.75 Å². The Morgan fingerprint density at radius 2 is 1.73 bits per heavy atom. The van der Waals surface area contributed by atoms with Crippen LogP contribution in [0.2, 0.25) is 5.02 Å². The maximum Gasteiger partial charge on any atom is 0.265 e. The number of nitrogens with one attached hydrogen (secondary N) is 1. The van der Waals surface area contributed by atoms with Crippen LogP contribution in [0.15, 0.2) is 72.8 Å². The van der Waals surface area contributed by atoms with Crippen LogP contribution in [0.25, 0.3) is 0 Å². The minimum Gasteiger partial charge on any atom is -0.482 e. The topological polar surface area (TPSA) is 75.7 Å². The fourth-order valence-electron chi connectivity index (χ4n) is 3.22. The summed E-state index contributed by atoms with van der Waals surface area (Å²) in [6.07, 6.45) is 0. The van der Waals surface area contributed by atoms with E-state index in [4.69, 9.17) is 16.3 Å². The number of fused-ring (bicyclic) bond motifs is 1. The summed E-state index contributed by atoms with van der Waals surface area (Å²) in [6, 6.07) is 20.5. The highest BCUT2D eigenvalue weighted by Gasteiger charge is 2.28. The molecule has 0 radical (unpaired) electrons. The van der Waals surface area contributed by atoms with Crippen molar-refractivity contribution in [3.05, 3.63) is 88.9 Å². The van der Waals surface area contributed by atoms with Crippen molar-refractivity contribution in [2.24, 2.45) is 0 Å². The summed E-state index contributed by atoms with van der Waals surface area (Å²) in [4.78, 5) is 39.2. The van der Waals surface area contributed by atoms with Gasteiger partial charge in [-0.3, -0.25) is 19.3 Å². The van der Waals surface area contributed by atoms with E-state index in [9.17, 15) is 14.4 Å². The summed E-state index contributed by atoms with van der Waals surface area (Å²) in [5, 5.41) is 3.17. The van der Waals surface area contributed by atoms with Crippen LogP contribution < -0.4 is 15.0 Å². The molecule has 1 N–H and O–H groups in total. The van der Waals surface area contributed by atoms with Gasteiger partial charge in [0.25, 0.3) is 5.91 Å². The van der Waals surface area contributed by atoms with Crippen molar-refractivity contribution in [1.82, 2.24) is 0 Å². The van der Waals surface area contributed by atoms with Gasteiger partial charge in [-0.05, 0) is 30.3 Å². The Balaban J connectivity index is 1.56. The minimum atomic E-state index is -0.440. The molecule has 0 atom stereocenters. The number of hydrogen-bond donors (Lipinski definition) is 1. The molecule has 0 aromatic heterocycles. The molecule has 2 amide bonds. The van der Waals surface area contributed by atoms with Crippen molar-refractivity contribution < 1.29 is 19.1 Å². The summed E-state index contributed by atoms with van der Waals surface area (Å²) in [6.45, 7) is -0.394. The maximum absolute atomic E-state index is 12.8. The van der Waals surface area contributed by atoms with Gasteiger partial charge in [0.1, 0.15) is 12.3 Å². The van der Waals surface area contributed by atoms with E-state index in [1.807, 2.05) is 6.07 Å². The summed E-state index contributed by atoms with van der Waals surface area (Å²) >= 11 is 6.04. The largest absolute Gasteiger partial charge is 0.482 e. The molecule has 3 aromatic carbocycles. The molecule has 0 saturated heterocycles. The Hall–Kier alpha value is -3.64. The van der Waals surface area contributed by atoms with Gasteiger partial charge >= 0.3 is 0 Å². The summed E-state index contributed by atoms with van der Waals surface area (Å²) in [5.41, 5.74) is 1.70. The molecule has 3 aromatic rings. The number of carbonyl (C=O) groups is 3. The standard InChI is InChI=1S/C23H17ClN2O4/c24-16-10-11-20-19(12-16)26(22(28)14-30-20)13-21(27)25-18-9-5-4-8-17(18)23(29)15-6-2-1-3-7-15/h1-12H,13-14H2,(H,25,27). The Morgan fingerprint density at radius 1 is 1.00 bits per heavy atom. The maximum atomic E-state index is 12.8. The van der Waals surface area contributed by atoms with Crippen LogP contribution in [-0.2, 0) is 9.59 Å². The molecular weight excluding hydrogens is 404 g/mol. The lowest BCUT2D eigenvalue weighted by molar-refractivity contribution is -0.123. The third-order valence-corrected chi connectivity index (χ3v) is 4.88. The molecule has 1 aliphatic rings. The zero-order valence-electron chi connectivity index (χ0n) is 15.8. The number of rotatable bonds is 5. The van der Waals surface area contributed by atoms with Gasteiger partial charge in [0.05, 0.1) is 11.4 Å². The van der Waals surface area contributed by atoms with Crippen LogP contribution in [0, 0.1) is 0 Å². The zero-order valence-corrected chi connectivity index (χ0v) is 16.6. The van der Waals surface area contributed by atoms with E-state index < -0.39 is 5.91 Å². The number of para-hydroxylation sites is 1. The Kier molecular flexibility index (Phi) is 5.50. The van der Waals surface area contributed by atoms with Gasteiger partial charge in [-0.1, -0.05) is 54.1 Å². The zero-order chi connectivity index (χ0) is 21.1. The monoisotopic (exact) mass is 420 g/mol. The molecule has 0 aliphatic carbocycles. The quantitative estimate of drug-likeness (QED) is 0.634. The van der Waals surface area contributed by atoms with Crippen molar-refractivity contribution in [2.45, 2.75) is 0 Å². The van der Waals surface area contributed by atoms with E-state index in [0.717, 1.165) is 0 Å². The fourth-order valence-corrected chi connectivity index (χ4v) is 3.38. The van der Waals surface area contributed by atoms with Gasteiger partial charge < -0.3 is 10.1 Å². The van der Waals surface area contributed by atoms with Crippen LogP contribution in [0.5, 0.6) is 5.75 Å². The SMILES string of the molecule is O=C(CN1C(=O)COc2ccc(Cl)cc21)Nc1ccccc1C(=O)c1ccccc1. The Morgan fingerprint density at radius 3 is 2.53 bits per heavy atom. The highest BCUT2D eigenvalue weighted by molar-refractivity contribution is 6.31. The van der Waals surface area contributed by atoms with Crippen LogP contribution in [0.4, 0.5) is 11.4 Å². The molecule has 0 fully saturated rings. The Bertz CT molecular complexity index is 1130. The molecule has 6 nitrogen and oxygen atoms in total. The molecule has 150 valence electrons. The second-order valence-electron chi connectivity index (χ2n) is 6.67. The first kappa shape index (κ1) is 19.7. The van der Waals surface area contributed by atoms with Gasteiger partial charge in [0.2, 0.25) is 5.91 Å². The second-order valence-corrected chi connectivity index (χ2v) is 7.11. The molecule has 4 rings (SSSR count). The third-order valence-electron chi connectivity index (χ3n) is 4.65. The fraction of sp³-hybridized carbons (Fsp3) is 0.0870. The smallest absolute Gasteiger partial charge is 0.265 e. The summed E-state index contributed by atoms with van der Waals surface area (Å²) in [5.74, 6) is -0.518. The minimum absolute atomic E-state index is 0.162. The van der Waals surface area contributed by atoms with Crippen molar-refractivity contribution in [1.29, 1.82) is 0 Å². The first-order valence-corrected chi connectivity index (χ1v) is 9.62. The average Bonchev–Trinajstić information content (AvgIpc) is 2.76. The van der Waals surface area contributed by atoms with E-state index in [1.165, 1.54) is 4.90 Å². The van der Waals surface area contributed by atoms with E-state index in [1.54, 1.807) is 66.7 Å². The van der Waals surface area contributed by atoms with Crippen molar-refractivity contribution >= 4 is 40.6 Å². The van der Waals surface area contributed by atoms with Gasteiger partial charge in [0.15, 0.2) is 12.4 Å². The molecule has 0 spiro atoms. The molecule has 0 unspecified atom stereocenters. The first-order valence-electron chi connectivity index (χ1n) is 9.24. The van der Waals surface area contributed by atoms with Crippen LogP contribution >= 0.6 is 11.6 Å². The lowest BCUT2D eigenvalue weighted by Crippen LogP contribution is -2.43. The van der Waals surface area contributed by atoms with Gasteiger partial charge in [-0.15, -0.1) is 0 Å². The summed E-state index contributed by atoms with van der Waals surface area (Å²) < 4.78 is 5.39. The average molecular weight is 421 g/mol. The normalized spacial score (nSPS) is 12.7. The van der Waals surface area contributed by atoms with Crippen LogP contribution in [-0.4, -0.2) is 30.7 Å². The molecule has 0 saturated carbocycles.